The SMILES string of the molecule is Clc1cccc(Nn2ncc3cncnc32)c1. The van der Waals surface area contributed by atoms with Crippen LogP contribution in [0.25, 0.3) is 11.0 Å². The van der Waals surface area contributed by atoms with Crippen LogP contribution in [0.5, 0.6) is 0 Å². The largest absolute Gasteiger partial charge is 0.276 e. The number of fused-ring (bicyclic) bond motifs is 1. The molecule has 0 amide bonds. The van der Waals surface area contributed by atoms with Crippen LogP contribution in [0.15, 0.2) is 43.0 Å². The minimum Gasteiger partial charge on any atom is -0.276 e. The van der Waals surface area contributed by atoms with Crippen LogP contribution in [0.2, 0.25) is 5.02 Å². The first kappa shape index (κ1) is 10.0. The highest BCUT2D eigenvalue weighted by molar-refractivity contribution is 6.30. The van der Waals surface area contributed by atoms with Gasteiger partial charge in [0.2, 0.25) is 0 Å². The van der Waals surface area contributed by atoms with Gasteiger partial charge in [-0.1, -0.05) is 17.7 Å². The maximum Gasteiger partial charge on any atom is 0.184 e. The standard InChI is InChI=1S/C11H8ClN5/c12-9-2-1-3-10(4-9)16-17-11-8(6-15-17)5-13-7-14-11/h1-7,16H. The van der Waals surface area contributed by atoms with E-state index in [1.54, 1.807) is 17.2 Å². The fraction of sp³-hybridized carbons (Fsp3) is 0. The molecule has 5 nitrogen and oxygen atoms in total. The topological polar surface area (TPSA) is 55.6 Å². The third-order valence-corrected chi connectivity index (χ3v) is 2.53. The Balaban J connectivity index is 2.00. The van der Waals surface area contributed by atoms with E-state index < -0.39 is 0 Å². The number of aromatic nitrogens is 4. The lowest BCUT2D eigenvalue weighted by Crippen LogP contribution is -2.11. The summed E-state index contributed by atoms with van der Waals surface area (Å²) in [5.74, 6) is 0. The summed E-state index contributed by atoms with van der Waals surface area (Å²) in [6, 6.07) is 7.40. The van der Waals surface area contributed by atoms with Gasteiger partial charge >= 0.3 is 0 Å². The van der Waals surface area contributed by atoms with Crippen LogP contribution < -0.4 is 5.43 Å². The molecule has 3 aromatic rings. The van der Waals surface area contributed by atoms with Crippen LogP contribution >= 0.6 is 11.6 Å². The van der Waals surface area contributed by atoms with Crippen molar-refractivity contribution in [3.8, 4) is 0 Å². The summed E-state index contributed by atoms with van der Waals surface area (Å²) in [6.45, 7) is 0. The van der Waals surface area contributed by atoms with Gasteiger partial charge in [-0.05, 0) is 18.2 Å². The number of nitrogens with zero attached hydrogens (tertiary/aromatic N) is 4. The van der Waals surface area contributed by atoms with E-state index in [4.69, 9.17) is 11.6 Å². The molecule has 0 atom stereocenters. The second kappa shape index (κ2) is 4.03. The minimum absolute atomic E-state index is 0.668. The van der Waals surface area contributed by atoms with Crippen molar-refractivity contribution in [3.63, 3.8) is 0 Å². The Morgan fingerprint density at radius 1 is 1.24 bits per heavy atom. The molecule has 2 aromatic heterocycles. The van der Waals surface area contributed by atoms with E-state index >= 15 is 0 Å². The van der Waals surface area contributed by atoms with Gasteiger partial charge < -0.3 is 0 Å². The molecule has 3 rings (SSSR count). The predicted octanol–water partition coefficient (Wildman–Crippen LogP) is 2.35. The van der Waals surface area contributed by atoms with Crippen molar-refractivity contribution in [1.82, 2.24) is 19.9 Å². The van der Waals surface area contributed by atoms with Crippen molar-refractivity contribution in [2.24, 2.45) is 0 Å². The van der Waals surface area contributed by atoms with Gasteiger partial charge in [-0.2, -0.15) is 9.89 Å². The molecule has 0 aliphatic heterocycles. The molecule has 0 aliphatic rings. The first-order chi connectivity index (χ1) is 8.33. The Bertz CT molecular complexity index is 664. The van der Waals surface area contributed by atoms with E-state index in [2.05, 4.69) is 20.5 Å². The number of benzene rings is 1. The molecule has 0 saturated carbocycles. The smallest absolute Gasteiger partial charge is 0.184 e. The summed E-state index contributed by atoms with van der Waals surface area (Å²) in [4.78, 5) is 9.67. The maximum atomic E-state index is 5.91. The second-order valence-corrected chi connectivity index (χ2v) is 3.92. The zero-order valence-corrected chi connectivity index (χ0v) is 9.46. The third kappa shape index (κ3) is 1.92. The zero-order chi connectivity index (χ0) is 11.7. The molecule has 0 aliphatic carbocycles. The summed E-state index contributed by atoms with van der Waals surface area (Å²) >= 11 is 5.91. The van der Waals surface area contributed by atoms with Gasteiger partial charge in [-0.15, -0.1) is 0 Å². The second-order valence-electron chi connectivity index (χ2n) is 3.48. The van der Waals surface area contributed by atoms with Crippen molar-refractivity contribution in [2.45, 2.75) is 0 Å². The normalized spacial score (nSPS) is 10.6. The van der Waals surface area contributed by atoms with E-state index in [9.17, 15) is 0 Å². The summed E-state index contributed by atoms with van der Waals surface area (Å²) in [5, 5.41) is 5.72. The van der Waals surface area contributed by atoms with Crippen LogP contribution in [0.4, 0.5) is 5.69 Å². The summed E-state index contributed by atoms with van der Waals surface area (Å²) in [5.41, 5.74) is 4.67. The lowest BCUT2D eigenvalue weighted by atomic mass is 10.3. The third-order valence-electron chi connectivity index (χ3n) is 2.29. The fourth-order valence-electron chi connectivity index (χ4n) is 1.54. The molecular weight excluding hydrogens is 238 g/mol. The highest BCUT2D eigenvalue weighted by Crippen LogP contribution is 2.16. The molecule has 17 heavy (non-hydrogen) atoms. The van der Waals surface area contributed by atoms with Gasteiger partial charge in [-0.3, -0.25) is 5.43 Å². The molecular formula is C11H8ClN5. The average Bonchev–Trinajstić information content (AvgIpc) is 2.73. The van der Waals surface area contributed by atoms with Crippen LogP contribution in [0.3, 0.4) is 0 Å². The molecule has 0 spiro atoms. The lowest BCUT2D eigenvalue weighted by Gasteiger charge is -2.06. The molecule has 0 bridgehead atoms. The van der Waals surface area contributed by atoms with Crippen LogP contribution in [0, 0.1) is 0 Å². The highest BCUT2D eigenvalue weighted by atomic mass is 35.5. The van der Waals surface area contributed by atoms with Gasteiger partial charge in [-0.25, -0.2) is 9.97 Å². The Labute approximate surface area is 102 Å². The molecule has 6 heteroatoms. The maximum absolute atomic E-state index is 5.91. The summed E-state index contributed by atoms with van der Waals surface area (Å²) < 4.78 is 0. The van der Waals surface area contributed by atoms with Crippen molar-refractivity contribution in [1.29, 1.82) is 0 Å². The average molecular weight is 246 g/mol. The Kier molecular flexibility index (Phi) is 2.38. The number of anilines is 1. The predicted molar refractivity (Wildman–Crippen MR) is 65.8 cm³/mol. The van der Waals surface area contributed by atoms with E-state index in [1.807, 2.05) is 24.3 Å². The zero-order valence-electron chi connectivity index (χ0n) is 8.71. The van der Waals surface area contributed by atoms with Gasteiger partial charge in [0.05, 0.1) is 17.3 Å². The summed E-state index contributed by atoms with van der Waals surface area (Å²) in [7, 11) is 0. The molecule has 1 N–H and O–H groups in total. The van der Waals surface area contributed by atoms with E-state index in [0.717, 1.165) is 16.7 Å². The quantitative estimate of drug-likeness (QED) is 0.753. The van der Waals surface area contributed by atoms with Gasteiger partial charge in [0.25, 0.3) is 0 Å². The Morgan fingerprint density at radius 2 is 2.18 bits per heavy atom. The van der Waals surface area contributed by atoms with Crippen molar-refractivity contribution < 1.29 is 0 Å². The first-order valence-corrected chi connectivity index (χ1v) is 5.37. The number of hydrogen-bond acceptors (Lipinski definition) is 4. The number of rotatable bonds is 2. The molecule has 2 heterocycles. The number of halogens is 1. The van der Waals surface area contributed by atoms with Crippen LogP contribution in [-0.4, -0.2) is 19.9 Å². The van der Waals surface area contributed by atoms with E-state index in [-0.39, 0.29) is 0 Å². The molecule has 0 unspecified atom stereocenters. The fourth-order valence-corrected chi connectivity index (χ4v) is 1.73. The molecule has 84 valence electrons. The van der Waals surface area contributed by atoms with Gasteiger partial charge in [0, 0.05) is 11.2 Å². The Morgan fingerprint density at radius 3 is 3.06 bits per heavy atom. The number of hydrogen-bond donors (Lipinski definition) is 1. The van der Waals surface area contributed by atoms with E-state index in [1.165, 1.54) is 6.33 Å². The van der Waals surface area contributed by atoms with Crippen molar-refractivity contribution in [2.75, 3.05) is 5.43 Å². The van der Waals surface area contributed by atoms with Gasteiger partial charge in [0.1, 0.15) is 6.33 Å². The van der Waals surface area contributed by atoms with Crippen molar-refractivity contribution >= 4 is 28.3 Å². The Hall–Kier alpha value is -2.14. The molecule has 0 fully saturated rings. The molecule has 0 saturated heterocycles. The molecule has 0 radical (unpaired) electrons. The minimum atomic E-state index is 0.668. The van der Waals surface area contributed by atoms with Gasteiger partial charge in [0.15, 0.2) is 5.65 Å². The monoisotopic (exact) mass is 245 g/mol. The summed E-state index contributed by atoms with van der Waals surface area (Å²) in [6.07, 6.45) is 4.90. The van der Waals surface area contributed by atoms with Crippen LogP contribution in [-0.2, 0) is 0 Å². The first-order valence-electron chi connectivity index (χ1n) is 4.99. The lowest BCUT2D eigenvalue weighted by molar-refractivity contribution is 0.820. The highest BCUT2D eigenvalue weighted by Gasteiger charge is 2.03. The van der Waals surface area contributed by atoms with Crippen LogP contribution in [0.1, 0.15) is 0 Å². The van der Waals surface area contributed by atoms with E-state index in [0.29, 0.717) is 5.02 Å². The number of nitrogens with one attached hydrogen (secondary N) is 1. The molecule has 1 aromatic carbocycles. The van der Waals surface area contributed by atoms with Crippen molar-refractivity contribution in [3.05, 3.63) is 48.0 Å².